The lowest BCUT2D eigenvalue weighted by molar-refractivity contribution is 0.628. The maximum atomic E-state index is 13.6. The second kappa shape index (κ2) is 6.69. The van der Waals surface area contributed by atoms with Crippen molar-refractivity contribution in [2.75, 3.05) is 0 Å². The molecule has 0 atom stereocenters. The summed E-state index contributed by atoms with van der Waals surface area (Å²) in [6.07, 6.45) is 0.677. The summed E-state index contributed by atoms with van der Waals surface area (Å²) in [6.45, 7) is 2.97. The van der Waals surface area contributed by atoms with E-state index in [4.69, 9.17) is 4.98 Å². The van der Waals surface area contributed by atoms with Crippen LogP contribution in [-0.4, -0.2) is 14.5 Å². The minimum Gasteiger partial charge on any atom is -0.328 e. The van der Waals surface area contributed by atoms with E-state index < -0.39 is 0 Å². The molecule has 3 nitrogen and oxygen atoms in total. The number of hydrogen-bond donors (Lipinski definition) is 0. The molecule has 0 amide bonds. The van der Waals surface area contributed by atoms with E-state index in [9.17, 15) is 4.39 Å². The van der Waals surface area contributed by atoms with Crippen LogP contribution in [0.3, 0.4) is 0 Å². The molecule has 0 N–H and O–H groups in total. The molecule has 0 aliphatic rings. The van der Waals surface area contributed by atoms with Crippen LogP contribution in [0.2, 0.25) is 0 Å². The fourth-order valence-electron chi connectivity index (χ4n) is 3.05. The van der Waals surface area contributed by atoms with E-state index in [2.05, 4.69) is 38.5 Å². The normalized spacial score (nSPS) is 11.3. The Labute approximate surface area is 157 Å². The second-order valence-electron chi connectivity index (χ2n) is 5.72. The van der Waals surface area contributed by atoms with Crippen LogP contribution in [0.25, 0.3) is 22.3 Å². The van der Waals surface area contributed by atoms with E-state index >= 15 is 0 Å². The molecule has 0 unspecified atom stereocenters. The molecule has 0 saturated carbocycles. The number of thiazole rings is 1. The topological polar surface area (TPSA) is 30.7 Å². The number of aromatic nitrogens is 3. The molecule has 126 valence electrons. The zero-order chi connectivity index (χ0) is 17.4. The smallest absolute Gasteiger partial charge is 0.123 e. The van der Waals surface area contributed by atoms with Crippen LogP contribution < -0.4 is 0 Å². The fraction of sp³-hybridized carbons (Fsp3) is 0.158. The number of nitrogens with zero attached hydrogens (tertiary/aromatic N) is 3. The molecular formula is C19H15BrFN3S. The van der Waals surface area contributed by atoms with E-state index in [0.29, 0.717) is 6.42 Å². The van der Waals surface area contributed by atoms with E-state index in [1.165, 1.54) is 12.1 Å². The minimum absolute atomic E-state index is 0.248. The first-order chi connectivity index (χ1) is 12.2. The van der Waals surface area contributed by atoms with Crippen molar-refractivity contribution in [1.29, 1.82) is 0 Å². The monoisotopic (exact) mass is 415 g/mol. The van der Waals surface area contributed by atoms with Crippen LogP contribution in [0.4, 0.5) is 4.39 Å². The van der Waals surface area contributed by atoms with Gasteiger partial charge in [0.1, 0.15) is 11.6 Å². The summed E-state index contributed by atoms with van der Waals surface area (Å²) in [5, 5.41) is 0. The Morgan fingerprint density at radius 2 is 2.08 bits per heavy atom. The lowest BCUT2D eigenvalue weighted by atomic mass is 10.1. The number of benzene rings is 2. The van der Waals surface area contributed by atoms with Crippen LogP contribution in [0.15, 0.2) is 52.4 Å². The third-order valence-electron chi connectivity index (χ3n) is 4.16. The van der Waals surface area contributed by atoms with Gasteiger partial charge in [-0.15, -0.1) is 11.3 Å². The summed E-state index contributed by atoms with van der Waals surface area (Å²) in [6, 6.07) is 12.7. The fourth-order valence-corrected chi connectivity index (χ4v) is 4.18. The van der Waals surface area contributed by atoms with Crippen molar-refractivity contribution in [1.82, 2.24) is 14.5 Å². The van der Waals surface area contributed by atoms with Crippen molar-refractivity contribution in [3.05, 3.63) is 69.0 Å². The largest absolute Gasteiger partial charge is 0.328 e. The predicted molar refractivity (Wildman–Crippen MR) is 103 cm³/mol. The Bertz CT molecular complexity index is 1050. The van der Waals surface area contributed by atoms with Gasteiger partial charge in [-0.05, 0) is 37.3 Å². The molecule has 0 radical (unpaired) electrons. The average Bonchev–Trinajstić information content (AvgIpc) is 3.18. The maximum Gasteiger partial charge on any atom is 0.123 e. The van der Waals surface area contributed by atoms with Gasteiger partial charge in [-0.2, -0.15) is 0 Å². The zero-order valence-electron chi connectivity index (χ0n) is 13.5. The van der Waals surface area contributed by atoms with Gasteiger partial charge in [0.2, 0.25) is 0 Å². The summed E-state index contributed by atoms with van der Waals surface area (Å²) in [5.41, 5.74) is 5.55. The Morgan fingerprint density at radius 1 is 1.20 bits per heavy atom. The third-order valence-corrected chi connectivity index (χ3v) is 5.49. The van der Waals surface area contributed by atoms with E-state index in [0.717, 1.165) is 44.0 Å². The van der Waals surface area contributed by atoms with Crippen LogP contribution >= 0.6 is 27.3 Å². The lowest BCUT2D eigenvalue weighted by Gasteiger charge is -2.06. The minimum atomic E-state index is -0.248. The highest BCUT2D eigenvalue weighted by atomic mass is 79.9. The molecule has 0 fully saturated rings. The molecular weight excluding hydrogens is 401 g/mol. The van der Waals surface area contributed by atoms with Crippen molar-refractivity contribution >= 4 is 38.3 Å². The third kappa shape index (κ3) is 3.12. The van der Waals surface area contributed by atoms with E-state index in [-0.39, 0.29) is 5.82 Å². The van der Waals surface area contributed by atoms with Crippen LogP contribution in [0, 0.1) is 5.82 Å². The quantitative estimate of drug-likeness (QED) is 0.429. The second-order valence-corrected chi connectivity index (χ2v) is 7.57. The van der Waals surface area contributed by atoms with Gasteiger partial charge in [0.05, 0.1) is 22.2 Å². The highest BCUT2D eigenvalue weighted by molar-refractivity contribution is 9.10. The summed E-state index contributed by atoms with van der Waals surface area (Å²) in [7, 11) is 0. The molecule has 6 heteroatoms. The Kier molecular flexibility index (Phi) is 4.39. The van der Waals surface area contributed by atoms with Crippen molar-refractivity contribution in [3.8, 4) is 11.3 Å². The number of hydrogen-bond acceptors (Lipinski definition) is 3. The molecule has 0 spiro atoms. The molecule has 25 heavy (non-hydrogen) atoms. The summed E-state index contributed by atoms with van der Waals surface area (Å²) < 4.78 is 16.8. The van der Waals surface area contributed by atoms with Gasteiger partial charge in [0.15, 0.2) is 0 Å². The molecule has 4 aromatic rings. The van der Waals surface area contributed by atoms with Gasteiger partial charge in [-0.3, -0.25) is 0 Å². The molecule has 2 aromatic carbocycles. The molecule has 0 saturated heterocycles. The first-order valence-electron chi connectivity index (χ1n) is 7.98. The highest BCUT2D eigenvalue weighted by Crippen LogP contribution is 2.29. The number of aryl methyl sites for hydroxylation is 1. The van der Waals surface area contributed by atoms with Crippen molar-refractivity contribution < 1.29 is 4.39 Å². The van der Waals surface area contributed by atoms with E-state index in [1.807, 2.05) is 23.7 Å². The van der Waals surface area contributed by atoms with Gasteiger partial charge >= 0.3 is 0 Å². The van der Waals surface area contributed by atoms with Crippen molar-refractivity contribution in [3.63, 3.8) is 0 Å². The van der Waals surface area contributed by atoms with Crippen LogP contribution in [0.5, 0.6) is 0 Å². The number of rotatable bonds is 4. The van der Waals surface area contributed by atoms with Gasteiger partial charge in [0, 0.05) is 27.9 Å². The average molecular weight is 416 g/mol. The predicted octanol–water partition coefficient (Wildman–Crippen LogP) is 5.67. The van der Waals surface area contributed by atoms with Gasteiger partial charge in [0.25, 0.3) is 0 Å². The first-order valence-corrected chi connectivity index (χ1v) is 9.66. The number of imidazole rings is 1. The Balaban J connectivity index is 1.77. The Morgan fingerprint density at radius 3 is 2.88 bits per heavy atom. The van der Waals surface area contributed by atoms with Crippen molar-refractivity contribution in [2.45, 2.75) is 19.9 Å². The molecule has 0 aliphatic heterocycles. The molecule has 0 aliphatic carbocycles. The van der Waals surface area contributed by atoms with Gasteiger partial charge in [-0.25, -0.2) is 14.4 Å². The summed E-state index contributed by atoms with van der Waals surface area (Å²) in [4.78, 5) is 10.4. The maximum absolute atomic E-state index is 13.6. The molecule has 2 aromatic heterocycles. The van der Waals surface area contributed by atoms with Crippen molar-refractivity contribution in [2.24, 2.45) is 0 Å². The molecule has 2 heterocycles. The number of fused-ring (bicyclic) bond motifs is 1. The lowest BCUT2D eigenvalue weighted by Crippen LogP contribution is -2.02. The summed E-state index contributed by atoms with van der Waals surface area (Å²) >= 11 is 5.09. The first kappa shape index (κ1) is 16.4. The standard InChI is InChI=1S/C19H15BrFN3S/c1-2-24-16-7-6-13(20)9-15(16)23-18(24)10-17-19(22-11-25-17)12-4-3-5-14(21)8-12/h3-9,11H,2,10H2,1H3. The van der Waals surface area contributed by atoms with E-state index in [1.54, 1.807) is 17.4 Å². The SMILES string of the molecule is CCn1c(Cc2scnc2-c2cccc(F)c2)nc2cc(Br)ccc21. The molecule has 0 bridgehead atoms. The van der Waals surface area contributed by atoms with Gasteiger partial charge < -0.3 is 4.57 Å². The highest BCUT2D eigenvalue weighted by Gasteiger charge is 2.15. The van der Waals surface area contributed by atoms with Crippen LogP contribution in [0.1, 0.15) is 17.6 Å². The van der Waals surface area contributed by atoms with Gasteiger partial charge in [-0.1, -0.05) is 28.1 Å². The summed E-state index contributed by atoms with van der Waals surface area (Å²) in [5.74, 6) is 0.750. The Hall–Kier alpha value is -2.05. The number of halogens is 2. The molecule has 4 rings (SSSR count). The zero-order valence-corrected chi connectivity index (χ0v) is 15.9. The van der Waals surface area contributed by atoms with Crippen LogP contribution in [-0.2, 0) is 13.0 Å².